The van der Waals surface area contributed by atoms with Gasteiger partial charge < -0.3 is 4.74 Å². The Balaban J connectivity index is 2.32. The lowest BCUT2D eigenvalue weighted by molar-refractivity contribution is 0.111. The fraction of sp³-hybridized carbons (Fsp3) is 1.00. The molecule has 0 radical (unpaired) electrons. The number of hydrogen-bond donors (Lipinski definition) is 0. The molecule has 0 aromatic rings. The van der Waals surface area contributed by atoms with E-state index in [-0.39, 0.29) is 6.10 Å². The van der Waals surface area contributed by atoms with Crippen LogP contribution in [0.25, 0.3) is 0 Å². The Morgan fingerprint density at radius 3 is 2.89 bits per heavy atom. The van der Waals surface area contributed by atoms with Crippen molar-refractivity contribution in [3.63, 3.8) is 0 Å². The first-order valence-corrected chi connectivity index (χ1v) is 4.69. The highest BCUT2D eigenvalue weighted by Gasteiger charge is 2.16. The fourth-order valence-corrected chi connectivity index (χ4v) is 2.40. The standard InChI is InChI=1S/C6H12O2S/c1-8-6-3-2-4-9(7)5-6/h6H,2-5H2,1H3/t6-,9?/m1/s1. The summed E-state index contributed by atoms with van der Waals surface area (Å²) >= 11 is 0. The van der Waals surface area contributed by atoms with Crippen molar-refractivity contribution in [2.75, 3.05) is 18.6 Å². The molecule has 9 heavy (non-hydrogen) atoms. The molecule has 0 spiro atoms. The lowest BCUT2D eigenvalue weighted by atomic mass is 10.2. The van der Waals surface area contributed by atoms with Gasteiger partial charge in [-0.3, -0.25) is 4.21 Å². The van der Waals surface area contributed by atoms with E-state index in [1.165, 1.54) is 0 Å². The first-order valence-electron chi connectivity index (χ1n) is 3.20. The third-order valence-electron chi connectivity index (χ3n) is 1.60. The zero-order chi connectivity index (χ0) is 6.69. The van der Waals surface area contributed by atoms with Crippen LogP contribution in [0.5, 0.6) is 0 Å². The van der Waals surface area contributed by atoms with Gasteiger partial charge in [0.25, 0.3) is 0 Å². The van der Waals surface area contributed by atoms with Crippen molar-refractivity contribution in [1.29, 1.82) is 0 Å². The molecule has 54 valence electrons. The van der Waals surface area contributed by atoms with Gasteiger partial charge in [-0.15, -0.1) is 0 Å². The van der Waals surface area contributed by atoms with Crippen molar-refractivity contribution in [3.05, 3.63) is 0 Å². The maximum atomic E-state index is 10.9. The molecule has 1 heterocycles. The monoisotopic (exact) mass is 148 g/mol. The van der Waals surface area contributed by atoms with Crippen molar-refractivity contribution in [3.8, 4) is 0 Å². The van der Waals surface area contributed by atoms with Gasteiger partial charge in [-0.1, -0.05) is 0 Å². The summed E-state index contributed by atoms with van der Waals surface area (Å²) in [7, 11) is 1.09. The number of ether oxygens (including phenoxy) is 1. The van der Waals surface area contributed by atoms with Crippen LogP contribution in [0.2, 0.25) is 0 Å². The molecule has 1 unspecified atom stereocenters. The summed E-state index contributed by atoms with van der Waals surface area (Å²) in [6.45, 7) is 0. The quantitative estimate of drug-likeness (QED) is 0.542. The first kappa shape index (κ1) is 7.22. The Bertz CT molecular complexity index is 114. The van der Waals surface area contributed by atoms with Crippen LogP contribution in [0.3, 0.4) is 0 Å². The highest BCUT2D eigenvalue weighted by Crippen LogP contribution is 2.10. The molecule has 0 aromatic carbocycles. The van der Waals surface area contributed by atoms with Crippen LogP contribution < -0.4 is 0 Å². The summed E-state index contributed by atoms with van der Waals surface area (Å²) in [5.74, 6) is 1.62. The smallest absolute Gasteiger partial charge is 0.0686 e. The molecular weight excluding hydrogens is 136 g/mol. The minimum absolute atomic E-state index is 0.264. The zero-order valence-electron chi connectivity index (χ0n) is 5.63. The maximum Gasteiger partial charge on any atom is 0.0686 e. The molecule has 1 aliphatic rings. The van der Waals surface area contributed by atoms with Crippen LogP contribution in [0.1, 0.15) is 12.8 Å². The van der Waals surface area contributed by atoms with Crippen LogP contribution in [0, 0.1) is 0 Å². The molecule has 0 bridgehead atoms. The van der Waals surface area contributed by atoms with Gasteiger partial charge in [-0.2, -0.15) is 0 Å². The van der Waals surface area contributed by atoms with Crippen molar-refractivity contribution < 1.29 is 8.95 Å². The lowest BCUT2D eigenvalue weighted by Gasteiger charge is -2.18. The normalized spacial score (nSPS) is 36.6. The molecule has 2 atom stereocenters. The van der Waals surface area contributed by atoms with Gasteiger partial charge in [0.2, 0.25) is 0 Å². The Morgan fingerprint density at radius 2 is 2.44 bits per heavy atom. The fourth-order valence-electron chi connectivity index (χ4n) is 1.03. The van der Waals surface area contributed by atoms with Gasteiger partial charge in [0.1, 0.15) is 0 Å². The highest BCUT2D eigenvalue weighted by atomic mass is 32.2. The average Bonchev–Trinajstić information content (AvgIpc) is 1.88. The highest BCUT2D eigenvalue weighted by molar-refractivity contribution is 7.85. The van der Waals surface area contributed by atoms with E-state index < -0.39 is 10.8 Å². The molecule has 2 nitrogen and oxygen atoms in total. The number of rotatable bonds is 1. The van der Waals surface area contributed by atoms with E-state index in [1.807, 2.05) is 0 Å². The minimum Gasteiger partial charge on any atom is -0.381 e. The van der Waals surface area contributed by atoms with E-state index in [1.54, 1.807) is 7.11 Å². The average molecular weight is 148 g/mol. The number of methoxy groups -OCH3 is 1. The van der Waals surface area contributed by atoms with Crippen molar-refractivity contribution in [1.82, 2.24) is 0 Å². The Labute approximate surface area is 58.0 Å². The van der Waals surface area contributed by atoms with Gasteiger partial charge >= 0.3 is 0 Å². The predicted molar refractivity (Wildman–Crippen MR) is 37.9 cm³/mol. The van der Waals surface area contributed by atoms with E-state index in [9.17, 15) is 4.21 Å². The van der Waals surface area contributed by atoms with Gasteiger partial charge in [0, 0.05) is 29.4 Å². The van der Waals surface area contributed by atoms with Gasteiger partial charge in [0.05, 0.1) is 6.10 Å². The first-order chi connectivity index (χ1) is 4.33. The van der Waals surface area contributed by atoms with Crippen LogP contribution in [-0.2, 0) is 15.5 Å². The van der Waals surface area contributed by atoms with Crippen LogP contribution in [0.15, 0.2) is 0 Å². The maximum absolute atomic E-state index is 10.9. The second-order valence-electron chi connectivity index (χ2n) is 2.31. The molecule has 0 saturated carbocycles. The van der Waals surface area contributed by atoms with Gasteiger partial charge in [0.15, 0.2) is 0 Å². The molecular formula is C6H12O2S. The van der Waals surface area contributed by atoms with Crippen molar-refractivity contribution >= 4 is 10.8 Å². The van der Waals surface area contributed by atoms with E-state index in [0.717, 1.165) is 24.3 Å². The Morgan fingerprint density at radius 1 is 1.67 bits per heavy atom. The molecule has 1 aliphatic heterocycles. The van der Waals surface area contributed by atoms with E-state index >= 15 is 0 Å². The third-order valence-corrected chi connectivity index (χ3v) is 3.09. The topological polar surface area (TPSA) is 26.3 Å². The second kappa shape index (κ2) is 3.32. The van der Waals surface area contributed by atoms with Gasteiger partial charge in [-0.05, 0) is 12.8 Å². The summed E-state index contributed by atoms with van der Waals surface area (Å²) < 4.78 is 15.9. The van der Waals surface area contributed by atoms with E-state index in [4.69, 9.17) is 4.74 Å². The third kappa shape index (κ3) is 2.06. The molecule has 0 amide bonds. The number of hydrogen-bond acceptors (Lipinski definition) is 2. The van der Waals surface area contributed by atoms with Crippen molar-refractivity contribution in [2.45, 2.75) is 18.9 Å². The van der Waals surface area contributed by atoms with E-state index in [0.29, 0.717) is 0 Å². The summed E-state index contributed by atoms with van der Waals surface area (Å²) in [4.78, 5) is 0. The molecule has 0 aromatic heterocycles. The largest absolute Gasteiger partial charge is 0.381 e. The Hall–Kier alpha value is 0.110. The van der Waals surface area contributed by atoms with E-state index in [2.05, 4.69) is 0 Å². The second-order valence-corrected chi connectivity index (χ2v) is 3.93. The minimum atomic E-state index is -0.595. The lowest BCUT2D eigenvalue weighted by Crippen LogP contribution is -2.26. The van der Waals surface area contributed by atoms with Crippen LogP contribution in [0.4, 0.5) is 0 Å². The summed E-state index contributed by atoms with van der Waals surface area (Å²) in [5.41, 5.74) is 0. The molecule has 0 aliphatic carbocycles. The van der Waals surface area contributed by atoms with Crippen LogP contribution in [-0.4, -0.2) is 28.9 Å². The summed E-state index contributed by atoms with van der Waals surface area (Å²) in [5, 5.41) is 0. The van der Waals surface area contributed by atoms with Crippen LogP contribution >= 0.6 is 0 Å². The summed E-state index contributed by atoms with van der Waals surface area (Å²) in [6.07, 6.45) is 2.41. The molecule has 1 rings (SSSR count). The van der Waals surface area contributed by atoms with Crippen molar-refractivity contribution in [2.24, 2.45) is 0 Å². The molecule has 0 N–H and O–H groups in total. The SMILES string of the molecule is CO[C@@H]1CCCS(=O)C1. The zero-order valence-corrected chi connectivity index (χ0v) is 6.45. The predicted octanol–water partition coefficient (Wildman–Crippen LogP) is 0.544. The molecule has 1 saturated heterocycles. The van der Waals surface area contributed by atoms with Gasteiger partial charge in [-0.25, -0.2) is 0 Å². The molecule has 3 heteroatoms. The molecule has 1 fully saturated rings. The summed E-state index contributed by atoms with van der Waals surface area (Å²) in [6, 6.07) is 0. The Kier molecular flexibility index (Phi) is 2.66.